The van der Waals surface area contributed by atoms with Gasteiger partial charge in [0.2, 0.25) is 0 Å². The lowest BCUT2D eigenvalue weighted by Gasteiger charge is -2.06. The third-order valence-electron chi connectivity index (χ3n) is 3.21. The van der Waals surface area contributed by atoms with Gasteiger partial charge in [0.1, 0.15) is 11.6 Å². The Hall–Kier alpha value is -2.60. The molecule has 0 saturated carbocycles. The van der Waals surface area contributed by atoms with Gasteiger partial charge in [0.05, 0.1) is 6.26 Å². The first-order valence-corrected chi connectivity index (χ1v) is 8.12. The Kier molecular flexibility index (Phi) is 4.96. The fourth-order valence-corrected chi connectivity index (χ4v) is 3.04. The lowest BCUT2D eigenvalue weighted by molar-refractivity contribution is 0.0996. The average Bonchev–Trinajstić information content (AvgIpc) is 3.01. The van der Waals surface area contributed by atoms with Crippen LogP contribution in [0.25, 0.3) is 0 Å². The highest BCUT2D eigenvalue weighted by Crippen LogP contribution is 2.25. The predicted octanol–water partition coefficient (Wildman–Crippen LogP) is 5.10. The molecular weight excluding hydrogens is 332 g/mol. The number of halogens is 2. The second-order valence-corrected chi connectivity index (χ2v) is 6.04. The minimum Gasteiger partial charge on any atom is -0.459 e. The summed E-state index contributed by atoms with van der Waals surface area (Å²) in [5.74, 6) is -1.40. The number of amides is 1. The second kappa shape index (κ2) is 7.31. The Morgan fingerprint density at radius 1 is 1.04 bits per heavy atom. The molecule has 6 heteroatoms. The van der Waals surface area contributed by atoms with E-state index in [1.54, 1.807) is 17.8 Å². The van der Waals surface area contributed by atoms with Crippen molar-refractivity contribution in [2.75, 3.05) is 5.32 Å². The summed E-state index contributed by atoms with van der Waals surface area (Å²) in [7, 11) is 0. The lowest BCUT2D eigenvalue weighted by atomic mass is 10.2. The van der Waals surface area contributed by atoms with Crippen LogP contribution in [0, 0.1) is 11.6 Å². The van der Waals surface area contributed by atoms with Gasteiger partial charge in [0, 0.05) is 28.0 Å². The van der Waals surface area contributed by atoms with Gasteiger partial charge in [-0.25, -0.2) is 8.78 Å². The van der Waals surface area contributed by atoms with Crippen molar-refractivity contribution in [3.63, 3.8) is 0 Å². The van der Waals surface area contributed by atoms with Gasteiger partial charge in [-0.3, -0.25) is 4.79 Å². The molecule has 3 aromatic rings. The van der Waals surface area contributed by atoms with Gasteiger partial charge in [0.15, 0.2) is 5.76 Å². The van der Waals surface area contributed by atoms with Crippen LogP contribution in [0.2, 0.25) is 0 Å². The van der Waals surface area contributed by atoms with E-state index in [1.165, 1.54) is 6.26 Å². The molecule has 1 heterocycles. The molecule has 0 aliphatic rings. The zero-order valence-electron chi connectivity index (χ0n) is 12.5. The zero-order valence-corrected chi connectivity index (χ0v) is 13.3. The maximum Gasteiger partial charge on any atom is 0.291 e. The first kappa shape index (κ1) is 16.3. The van der Waals surface area contributed by atoms with Crippen LogP contribution in [0.5, 0.6) is 0 Å². The van der Waals surface area contributed by atoms with Crippen molar-refractivity contribution in [1.82, 2.24) is 0 Å². The van der Waals surface area contributed by atoms with E-state index >= 15 is 0 Å². The molecule has 3 rings (SSSR count). The third-order valence-corrected chi connectivity index (χ3v) is 4.27. The maximum absolute atomic E-state index is 13.2. The molecular formula is C18H13F2NO2S. The summed E-state index contributed by atoms with van der Waals surface area (Å²) in [6.07, 6.45) is 1.42. The molecule has 1 aromatic heterocycles. The van der Waals surface area contributed by atoms with Crippen molar-refractivity contribution >= 4 is 23.4 Å². The van der Waals surface area contributed by atoms with E-state index in [9.17, 15) is 13.6 Å². The number of thioether (sulfide) groups is 1. The number of benzene rings is 2. The van der Waals surface area contributed by atoms with Crippen molar-refractivity contribution in [2.45, 2.75) is 10.6 Å². The molecule has 0 spiro atoms. The number of hydrogen-bond donors (Lipinski definition) is 1. The average molecular weight is 345 g/mol. The quantitative estimate of drug-likeness (QED) is 0.654. The Morgan fingerprint density at radius 2 is 1.75 bits per heavy atom. The molecule has 3 nitrogen and oxygen atoms in total. The first-order valence-electron chi connectivity index (χ1n) is 7.13. The van der Waals surface area contributed by atoms with Gasteiger partial charge in [-0.15, -0.1) is 11.8 Å². The van der Waals surface area contributed by atoms with Gasteiger partial charge < -0.3 is 9.73 Å². The van der Waals surface area contributed by atoms with Crippen LogP contribution in [0.4, 0.5) is 14.5 Å². The Bertz CT molecular complexity index is 829. The van der Waals surface area contributed by atoms with E-state index < -0.39 is 17.5 Å². The number of carbonyl (C=O) groups is 1. The van der Waals surface area contributed by atoms with Crippen LogP contribution >= 0.6 is 11.8 Å². The van der Waals surface area contributed by atoms with Crippen molar-refractivity contribution < 1.29 is 18.0 Å². The number of furan rings is 1. The molecule has 0 saturated heterocycles. The largest absolute Gasteiger partial charge is 0.459 e. The van der Waals surface area contributed by atoms with Crippen molar-refractivity contribution in [3.05, 3.63) is 83.8 Å². The SMILES string of the molecule is O=C(Nc1cc(F)cc(F)c1)c1occc1CSc1ccccc1. The zero-order chi connectivity index (χ0) is 16.9. The molecule has 2 aromatic carbocycles. The molecule has 0 unspecified atom stereocenters. The second-order valence-electron chi connectivity index (χ2n) is 4.99. The summed E-state index contributed by atoms with van der Waals surface area (Å²) in [6, 6.07) is 14.3. The van der Waals surface area contributed by atoms with Gasteiger partial charge in [-0.05, 0) is 30.3 Å². The topological polar surface area (TPSA) is 42.2 Å². The van der Waals surface area contributed by atoms with Gasteiger partial charge in [0.25, 0.3) is 5.91 Å². The van der Waals surface area contributed by atoms with Crippen LogP contribution < -0.4 is 5.32 Å². The van der Waals surface area contributed by atoms with E-state index in [4.69, 9.17) is 4.42 Å². The number of hydrogen-bond acceptors (Lipinski definition) is 3. The highest BCUT2D eigenvalue weighted by Gasteiger charge is 2.16. The number of nitrogens with one attached hydrogen (secondary N) is 1. The van der Waals surface area contributed by atoms with E-state index in [-0.39, 0.29) is 11.4 Å². The van der Waals surface area contributed by atoms with E-state index in [0.29, 0.717) is 11.3 Å². The highest BCUT2D eigenvalue weighted by molar-refractivity contribution is 7.98. The summed E-state index contributed by atoms with van der Waals surface area (Å²) in [4.78, 5) is 13.3. The van der Waals surface area contributed by atoms with Crippen LogP contribution in [0.3, 0.4) is 0 Å². The van der Waals surface area contributed by atoms with E-state index in [2.05, 4.69) is 5.32 Å². The Morgan fingerprint density at radius 3 is 2.46 bits per heavy atom. The van der Waals surface area contributed by atoms with Gasteiger partial charge in [-0.2, -0.15) is 0 Å². The van der Waals surface area contributed by atoms with E-state index in [0.717, 1.165) is 23.1 Å². The van der Waals surface area contributed by atoms with Gasteiger partial charge >= 0.3 is 0 Å². The van der Waals surface area contributed by atoms with Crippen LogP contribution in [-0.2, 0) is 5.75 Å². The summed E-state index contributed by atoms with van der Waals surface area (Å²) < 4.78 is 31.6. The Balaban J connectivity index is 1.71. The maximum atomic E-state index is 13.2. The summed E-state index contributed by atoms with van der Waals surface area (Å²) in [5, 5.41) is 2.44. The molecule has 0 radical (unpaired) electrons. The molecule has 1 N–H and O–H groups in total. The van der Waals surface area contributed by atoms with Crippen LogP contribution in [0.1, 0.15) is 16.1 Å². The summed E-state index contributed by atoms with van der Waals surface area (Å²) >= 11 is 1.56. The highest BCUT2D eigenvalue weighted by atomic mass is 32.2. The lowest BCUT2D eigenvalue weighted by Crippen LogP contribution is -2.13. The molecule has 0 fully saturated rings. The number of anilines is 1. The first-order chi connectivity index (χ1) is 11.6. The number of carbonyl (C=O) groups excluding carboxylic acids is 1. The Labute approximate surface area is 141 Å². The minimum atomic E-state index is -0.760. The summed E-state index contributed by atoms with van der Waals surface area (Å²) in [6.45, 7) is 0. The third kappa shape index (κ3) is 4.02. The summed E-state index contributed by atoms with van der Waals surface area (Å²) in [5.41, 5.74) is 0.744. The van der Waals surface area contributed by atoms with Crippen LogP contribution in [0.15, 0.2) is 70.2 Å². The van der Waals surface area contributed by atoms with Crippen molar-refractivity contribution in [2.24, 2.45) is 0 Å². The molecule has 1 amide bonds. The minimum absolute atomic E-state index is 0.0376. The molecule has 0 aliphatic heterocycles. The normalized spacial score (nSPS) is 10.6. The van der Waals surface area contributed by atoms with Gasteiger partial charge in [-0.1, -0.05) is 18.2 Å². The molecule has 0 bridgehead atoms. The smallest absolute Gasteiger partial charge is 0.291 e. The fourth-order valence-electron chi connectivity index (χ4n) is 2.14. The molecule has 24 heavy (non-hydrogen) atoms. The molecule has 122 valence electrons. The molecule has 0 atom stereocenters. The number of rotatable bonds is 5. The van der Waals surface area contributed by atoms with Crippen molar-refractivity contribution in [1.29, 1.82) is 0 Å². The van der Waals surface area contributed by atoms with Crippen molar-refractivity contribution in [3.8, 4) is 0 Å². The molecule has 0 aliphatic carbocycles. The standard InChI is InChI=1S/C18H13F2NO2S/c19-13-8-14(20)10-15(9-13)21-18(22)17-12(6-7-23-17)11-24-16-4-2-1-3-5-16/h1-10H,11H2,(H,21,22). The monoisotopic (exact) mass is 345 g/mol. The van der Waals surface area contributed by atoms with Crippen LogP contribution in [-0.4, -0.2) is 5.91 Å². The predicted molar refractivity (Wildman–Crippen MR) is 89.0 cm³/mol. The van der Waals surface area contributed by atoms with E-state index in [1.807, 2.05) is 30.3 Å². The fraction of sp³-hybridized carbons (Fsp3) is 0.0556.